The van der Waals surface area contributed by atoms with Crippen molar-refractivity contribution in [1.82, 2.24) is 9.88 Å². The van der Waals surface area contributed by atoms with Gasteiger partial charge in [0.25, 0.3) is 5.91 Å². The highest BCUT2D eigenvalue weighted by molar-refractivity contribution is 7.11. The lowest BCUT2D eigenvalue weighted by atomic mass is 10.3. The number of nitrogens with two attached hydrogens (primary N) is 1. The molecule has 1 amide bonds. The van der Waals surface area contributed by atoms with Crippen LogP contribution in [0.5, 0.6) is 0 Å². The van der Waals surface area contributed by atoms with Crippen molar-refractivity contribution in [3.05, 3.63) is 38.0 Å². The van der Waals surface area contributed by atoms with Crippen molar-refractivity contribution in [3.63, 3.8) is 0 Å². The SMILES string of the molecule is Cc1ccc(CN(C)C(=O)c2csc(CCN)n2)s1. The molecule has 2 N–H and O–H groups in total. The third-order valence-corrected chi connectivity index (χ3v) is 4.56. The number of aromatic nitrogens is 1. The molecule has 0 saturated heterocycles. The van der Waals surface area contributed by atoms with Gasteiger partial charge in [0.2, 0.25) is 0 Å². The number of thiazole rings is 1. The van der Waals surface area contributed by atoms with E-state index in [9.17, 15) is 4.79 Å². The van der Waals surface area contributed by atoms with E-state index in [1.807, 2.05) is 5.38 Å². The summed E-state index contributed by atoms with van der Waals surface area (Å²) in [5.41, 5.74) is 6.00. The number of aryl methyl sites for hydroxylation is 1. The summed E-state index contributed by atoms with van der Waals surface area (Å²) in [6.45, 7) is 3.25. The summed E-state index contributed by atoms with van der Waals surface area (Å²) >= 11 is 3.21. The van der Waals surface area contributed by atoms with Crippen molar-refractivity contribution in [1.29, 1.82) is 0 Å². The van der Waals surface area contributed by atoms with Gasteiger partial charge in [-0.25, -0.2) is 4.98 Å². The monoisotopic (exact) mass is 295 g/mol. The lowest BCUT2D eigenvalue weighted by Crippen LogP contribution is -2.26. The summed E-state index contributed by atoms with van der Waals surface area (Å²) in [6.07, 6.45) is 0.728. The lowest BCUT2D eigenvalue weighted by Gasteiger charge is -2.14. The quantitative estimate of drug-likeness (QED) is 0.920. The van der Waals surface area contributed by atoms with Crippen LogP contribution in [-0.2, 0) is 13.0 Å². The predicted molar refractivity (Wildman–Crippen MR) is 79.7 cm³/mol. The molecule has 6 heteroatoms. The third-order valence-electron chi connectivity index (χ3n) is 2.66. The maximum absolute atomic E-state index is 12.2. The molecule has 0 bridgehead atoms. The minimum absolute atomic E-state index is 0.0365. The Kier molecular flexibility index (Phi) is 4.68. The van der Waals surface area contributed by atoms with Crippen molar-refractivity contribution in [2.75, 3.05) is 13.6 Å². The zero-order valence-corrected chi connectivity index (χ0v) is 12.7. The fraction of sp³-hybridized carbons (Fsp3) is 0.385. The van der Waals surface area contributed by atoms with Crippen molar-refractivity contribution < 1.29 is 4.79 Å². The number of thiophene rings is 1. The van der Waals surface area contributed by atoms with Crippen LogP contribution in [0.2, 0.25) is 0 Å². The summed E-state index contributed by atoms with van der Waals surface area (Å²) in [5, 5.41) is 2.73. The third kappa shape index (κ3) is 3.62. The minimum Gasteiger partial charge on any atom is -0.335 e. The second-order valence-corrected chi connectivity index (χ2v) is 6.65. The summed E-state index contributed by atoms with van der Waals surface area (Å²) < 4.78 is 0. The number of nitrogens with zero attached hydrogens (tertiary/aromatic N) is 2. The Bertz CT molecular complexity index is 562. The first kappa shape index (κ1) is 14.2. The molecule has 4 nitrogen and oxygen atoms in total. The van der Waals surface area contributed by atoms with E-state index in [0.717, 1.165) is 11.4 Å². The van der Waals surface area contributed by atoms with Crippen LogP contribution in [-0.4, -0.2) is 29.4 Å². The number of rotatable bonds is 5. The van der Waals surface area contributed by atoms with Crippen LogP contribution < -0.4 is 5.73 Å². The summed E-state index contributed by atoms with van der Waals surface area (Å²) in [5.74, 6) is -0.0365. The van der Waals surface area contributed by atoms with Crippen molar-refractivity contribution >= 4 is 28.6 Å². The molecule has 0 aliphatic rings. The van der Waals surface area contributed by atoms with E-state index >= 15 is 0 Å². The average molecular weight is 295 g/mol. The number of carbonyl (C=O) groups is 1. The molecule has 2 rings (SSSR count). The maximum Gasteiger partial charge on any atom is 0.273 e. The molecule has 102 valence electrons. The van der Waals surface area contributed by atoms with Crippen LogP contribution in [0.4, 0.5) is 0 Å². The Morgan fingerprint density at radius 1 is 1.47 bits per heavy atom. The standard InChI is InChI=1S/C13H17N3OS2/c1-9-3-4-10(19-9)7-16(2)13(17)11-8-18-12(15-11)5-6-14/h3-4,8H,5-7,14H2,1-2H3. The van der Waals surface area contributed by atoms with Gasteiger partial charge in [-0.15, -0.1) is 22.7 Å². The van der Waals surface area contributed by atoms with Gasteiger partial charge in [0.1, 0.15) is 5.69 Å². The molecule has 0 unspecified atom stereocenters. The van der Waals surface area contributed by atoms with E-state index in [1.54, 1.807) is 23.3 Å². The molecule has 0 saturated carbocycles. The van der Waals surface area contributed by atoms with Gasteiger partial charge in [0.05, 0.1) is 11.6 Å². The van der Waals surface area contributed by atoms with E-state index < -0.39 is 0 Å². The van der Waals surface area contributed by atoms with Crippen molar-refractivity contribution in [2.24, 2.45) is 5.73 Å². The smallest absolute Gasteiger partial charge is 0.273 e. The predicted octanol–water partition coefficient (Wildman–Crippen LogP) is 2.29. The molecule has 2 aromatic heterocycles. The Labute approximate surface area is 120 Å². The second-order valence-electron chi connectivity index (χ2n) is 4.34. The highest BCUT2D eigenvalue weighted by Gasteiger charge is 2.16. The zero-order valence-electron chi connectivity index (χ0n) is 11.0. The van der Waals surface area contributed by atoms with Gasteiger partial charge in [-0.1, -0.05) is 0 Å². The molecule has 0 aromatic carbocycles. The molecule has 19 heavy (non-hydrogen) atoms. The van der Waals surface area contributed by atoms with E-state index in [2.05, 4.69) is 24.0 Å². The highest BCUT2D eigenvalue weighted by Crippen LogP contribution is 2.18. The van der Waals surface area contributed by atoms with Gasteiger partial charge in [0, 0.05) is 28.6 Å². The molecule has 0 radical (unpaired) electrons. The number of carbonyl (C=O) groups excluding carboxylic acids is 1. The Morgan fingerprint density at radius 2 is 2.26 bits per heavy atom. The Balaban J connectivity index is 2.01. The molecule has 2 aromatic rings. The van der Waals surface area contributed by atoms with E-state index in [4.69, 9.17) is 5.73 Å². The lowest BCUT2D eigenvalue weighted by molar-refractivity contribution is 0.0781. The molecule has 0 spiro atoms. The summed E-state index contributed by atoms with van der Waals surface area (Å²) in [4.78, 5) is 20.7. The first-order chi connectivity index (χ1) is 9.10. The van der Waals surface area contributed by atoms with Gasteiger partial charge in [0.15, 0.2) is 0 Å². The zero-order chi connectivity index (χ0) is 13.8. The molecule has 2 heterocycles. The van der Waals surface area contributed by atoms with Gasteiger partial charge >= 0.3 is 0 Å². The van der Waals surface area contributed by atoms with Crippen LogP contribution >= 0.6 is 22.7 Å². The topological polar surface area (TPSA) is 59.2 Å². The summed E-state index contributed by atoms with van der Waals surface area (Å²) in [6, 6.07) is 4.13. The van der Waals surface area contributed by atoms with Crippen LogP contribution in [0.15, 0.2) is 17.5 Å². The molecular weight excluding hydrogens is 278 g/mol. The maximum atomic E-state index is 12.2. The number of hydrogen-bond donors (Lipinski definition) is 1. The van der Waals surface area contributed by atoms with E-state index in [-0.39, 0.29) is 5.91 Å². The Morgan fingerprint density at radius 3 is 2.89 bits per heavy atom. The fourth-order valence-corrected chi connectivity index (χ4v) is 3.45. The van der Waals surface area contributed by atoms with Crippen LogP contribution in [0.3, 0.4) is 0 Å². The molecule has 0 atom stereocenters. The highest BCUT2D eigenvalue weighted by atomic mass is 32.1. The number of amides is 1. The second kappa shape index (κ2) is 6.27. The van der Waals surface area contributed by atoms with Crippen LogP contribution in [0.25, 0.3) is 0 Å². The minimum atomic E-state index is -0.0365. The normalized spacial score (nSPS) is 10.7. The molecular formula is C13H17N3OS2. The van der Waals surface area contributed by atoms with Gasteiger partial charge < -0.3 is 10.6 Å². The Hall–Kier alpha value is -1.24. The van der Waals surface area contributed by atoms with Crippen molar-refractivity contribution in [2.45, 2.75) is 19.9 Å². The molecule has 0 aliphatic heterocycles. The van der Waals surface area contributed by atoms with E-state index in [0.29, 0.717) is 18.8 Å². The summed E-state index contributed by atoms with van der Waals surface area (Å²) in [7, 11) is 1.80. The van der Waals surface area contributed by atoms with Crippen molar-refractivity contribution in [3.8, 4) is 0 Å². The van der Waals surface area contributed by atoms with Gasteiger partial charge in [-0.05, 0) is 25.6 Å². The van der Waals surface area contributed by atoms with Gasteiger partial charge in [-0.3, -0.25) is 4.79 Å². The first-order valence-corrected chi connectivity index (χ1v) is 7.75. The van der Waals surface area contributed by atoms with Crippen LogP contribution in [0.1, 0.15) is 25.3 Å². The molecule has 0 aliphatic carbocycles. The van der Waals surface area contributed by atoms with Crippen LogP contribution in [0, 0.1) is 6.92 Å². The van der Waals surface area contributed by atoms with Gasteiger partial charge in [-0.2, -0.15) is 0 Å². The van der Waals surface area contributed by atoms with E-state index in [1.165, 1.54) is 21.1 Å². The molecule has 0 fully saturated rings. The first-order valence-electron chi connectivity index (χ1n) is 6.05. The number of hydrogen-bond acceptors (Lipinski definition) is 5. The fourth-order valence-electron chi connectivity index (χ4n) is 1.72. The largest absolute Gasteiger partial charge is 0.335 e. The average Bonchev–Trinajstić information content (AvgIpc) is 2.98.